The molecule has 11 aromatic rings. The number of ether oxygens (including phenoxy) is 9. The Morgan fingerprint density at radius 3 is 1.71 bits per heavy atom. The maximum atomic E-state index is 16.5. The predicted octanol–water partition coefficient (Wildman–Crippen LogP) is 11.6. The smallest absolute Gasteiger partial charge is 0.475 e. The molecule has 7 heterocycles. The third-order valence-corrected chi connectivity index (χ3v) is 21.2. The van der Waals surface area contributed by atoms with Crippen molar-refractivity contribution in [2.24, 2.45) is 11.8 Å². The zero-order valence-corrected chi connectivity index (χ0v) is 59.4. The van der Waals surface area contributed by atoms with Gasteiger partial charge in [-0.15, -0.1) is 0 Å². The van der Waals surface area contributed by atoms with E-state index in [4.69, 9.17) is 72.7 Å². The second-order valence-corrected chi connectivity index (χ2v) is 27.9. The Balaban J connectivity index is 0.835. The maximum absolute atomic E-state index is 16.5. The van der Waals surface area contributed by atoms with E-state index in [-0.39, 0.29) is 60.3 Å². The normalized spacial score (nSPS) is 21.5. The standard InChI is InChI=1S/C78H74N11O16P/c1-48(2)69(90)86-74-85-68-62(71(92)87-74)83-47-89(68)72-63(102-78(51-21-15-10-16-22-51,54-27-35-58(96-6)36-28-54)55-29-37-59(97-7)38-30-55)60-41-75(60,103-72)44-101-106(93,100-40-39-79-3)105-65-64-73(88-46-82-61-66(80-45-81-67(61)88)84-70(91)49-17-11-8-12-18-49)104-76(65,42-98-64)43-99-77(50-19-13-9-14-20-50,52-23-31-56(94-4)32-24-52)53-25-33-57(95-5)34-26-53/h8-38,45-48,60,63-65,72-73H,39-44H2,1-2,4-7H3,(H,80,81,84,91)(H2,85,86,87,90,92)/t60-,63+,64+,65-,72+,73+,75+,76+,106?/m0/s1. The molecule has 9 atom stereocenters. The summed E-state index contributed by atoms with van der Waals surface area (Å²) in [6, 6.07) is 58.1. The molecular formula is C78H74N11O16P. The fraction of sp³-hybridized carbons (Fsp3) is 0.295. The summed E-state index contributed by atoms with van der Waals surface area (Å²) in [4.78, 5) is 70.3. The van der Waals surface area contributed by atoms with E-state index in [2.05, 4.69) is 35.4 Å². The number of fused-ring (bicyclic) bond motifs is 5. The van der Waals surface area contributed by atoms with E-state index < -0.39 is 103 Å². The van der Waals surface area contributed by atoms with Gasteiger partial charge in [-0.1, -0.05) is 141 Å². The Bertz CT molecular complexity index is 5050. The van der Waals surface area contributed by atoms with Gasteiger partial charge in [0.2, 0.25) is 18.4 Å². The highest BCUT2D eigenvalue weighted by molar-refractivity contribution is 7.48. The van der Waals surface area contributed by atoms with Crippen LogP contribution in [0.2, 0.25) is 0 Å². The zero-order chi connectivity index (χ0) is 73.4. The van der Waals surface area contributed by atoms with Crippen molar-refractivity contribution in [1.29, 1.82) is 0 Å². The second-order valence-electron chi connectivity index (χ2n) is 26.3. The monoisotopic (exact) mass is 1450 g/mol. The van der Waals surface area contributed by atoms with Gasteiger partial charge in [0, 0.05) is 17.4 Å². The SMILES string of the molecule is [C-]#[N+]CCOP(=O)(OC[C@]12C[C@H]1[C@@H](OC(c1ccccc1)(c1ccc(OC)cc1)c1ccc(OC)cc1)[C@H](n1cnc3c(=O)[nH]c(NC(=O)C(C)C)nc31)O2)O[C@H]1[C@H]2OC[C@]1(COC(c1ccccc1)(c1ccc(OC)cc1)c1ccc(OC)cc1)O[C@H]2n1cnc2c(NC(=O)c3ccccc3)ncnc21. The quantitative estimate of drug-likeness (QED) is 0.0170. The van der Waals surface area contributed by atoms with Crippen molar-refractivity contribution in [3.63, 3.8) is 0 Å². The van der Waals surface area contributed by atoms with Gasteiger partial charge in [-0.05, 0) is 100 Å². The molecular weight excluding hydrogens is 1380 g/mol. The molecule has 2 bridgehead atoms. The molecule has 7 aromatic carbocycles. The molecule has 15 rings (SSSR count). The maximum Gasteiger partial charge on any atom is 0.475 e. The van der Waals surface area contributed by atoms with Crippen molar-refractivity contribution < 1.29 is 70.4 Å². The third kappa shape index (κ3) is 13.0. The highest BCUT2D eigenvalue weighted by atomic mass is 31.2. The molecule has 2 amide bonds. The Morgan fingerprint density at radius 1 is 0.632 bits per heavy atom. The minimum absolute atomic E-state index is 0.0498. The highest BCUT2D eigenvalue weighted by Crippen LogP contribution is 2.66. The van der Waals surface area contributed by atoms with Gasteiger partial charge >= 0.3 is 7.82 Å². The van der Waals surface area contributed by atoms with Crippen molar-refractivity contribution >= 4 is 53.7 Å². The minimum atomic E-state index is -5.03. The van der Waals surface area contributed by atoms with E-state index in [1.165, 1.54) is 19.0 Å². The summed E-state index contributed by atoms with van der Waals surface area (Å²) < 4.78 is 99.6. The van der Waals surface area contributed by atoms with Crippen molar-refractivity contribution in [1.82, 2.24) is 39.0 Å². The lowest BCUT2D eigenvalue weighted by molar-refractivity contribution is -0.202. The number of hydrogen-bond donors (Lipinski definition) is 3. The number of benzene rings is 7. The van der Waals surface area contributed by atoms with Crippen molar-refractivity contribution in [3.05, 3.63) is 268 Å². The van der Waals surface area contributed by atoms with Gasteiger partial charge in [0.25, 0.3) is 11.5 Å². The minimum Gasteiger partial charge on any atom is -0.497 e. The van der Waals surface area contributed by atoms with E-state index >= 15 is 4.57 Å². The molecule has 3 N–H and O–H groups in total. The zero-order valence-electron chi connectivity index (χ0n) is 58.5. The van der Waals surface area contributed by atoms with E-state index in [1.54, 1.807) is 81.8 Å². The fourth-order valence-corrected chi connectivity index (χ4v) is 15.8. The molecule has 1 saturated carbocycles. The number of aromatic amines is 1. The summed E-state index contributed by atoms with van der Waals surface area (Å²) in [6.45, 7) is 9.62. The van der Waals surface area contributed by atoms with E-state index in [0.717, 1.165) is 11.1 Å². The summed E-state index contributed by atoms with van der Waals surface area (Å²) in [5.74, 6) is 0.473. The third-order valence-electron chi connectivity index (χ3n) is 19.8. The molecule has 0 spiro atoms. The molecule has 1 unspecified atom stereocenters. The van der Waals surface area contributed by atoms with Crippen LogP contribution in [0.1, 0.15) is 76.5 Å². The number of aromatic nitrogens is 8. The molecule has 3 saturated heterocycles. The first-order valence-corrected chi connectivity index (χ1v) is 35.7. The summed E-state index contributed by atoms with van der Waals surface area (Å²) in [5.41, 5.74) is -1.57. The number of rotatable bonds is 29. The molecule has 0 radical (unpaired) electrons. The Labute approximate surface area is 608 Å². The van der Waals surface area contributed by atoms with Gasteiger partial charge in [0.05, 0.1) is 60.9 Å². The van der Waals surface area contributed by atoms with Crippen LogP contribution in [-0.4, -0.2) is 142 Å². The van der Waals surface area contributed by atoms with E-state index in [1.807, 2.05) is 158 Å². The van der Waals surface area contributed by atoms with Crippen molar-refractivity contribution in [2.45, 2.75) is 73.4 Å². The highest BCUT2D eigenvalue weighted by Gasteiger charge is 2.72. The lowest BCUT2D eigenvalue weighted by Gasteiger charge is -2.40. The van der Waals surface area contributed by atoms with Gasteiger partial charge in [0.1, 0.15) is 76.6 Å². The van der Waals surface area contributed by atoms with Gasteiger partial charge in [0.15, 0.2) is 40.6 Å². The number of nitrogens with one attached hydrogen (secondary N) is 3. The van der Waals surface area contributed by atoms with E-state index in [0.29, 0.717) is 50.8 Å². The van der Waals surface area contributed by atoms with Crippen molar-refractivity contribution in [2.75, 3.05) is 72.0 Å². The van der Waals surface area contributed by atoms with Crippen LogP contribution in [0.4, 0.5) is 11.8 Å². The molecule has 27 nitrogen and oxygen atoms in total. The number of H-pyrrole nitrogens is 1. The van der Waals surface area contributed by atoms with E-state index in [9.17, 15) is 14.4 Å². The first-order valence-electron chi connectivity index (χ1n) is 34.3. The molecule has 106 heavy (non-hydrogen) atoms. The Kier molecular flexibility index (Phi) is 19.4. The van der Waals surface area contributed by atoms with Crippen LogP contribution in [0, 0.1) is 18.4 Å². The number of carbonyl (C=O) groups is 2. The van der Waals surface area contributed by atoms with Gasteiger partial charge in [-0.3, -0.25) is 47.4 Å². The fourth-order valence-electron chi connectivity index (χ4n) is 14.3. The van der Waals surface area contributed by atoms with Crippen LogP contribution in [0.3, 0.4) is 0 Å². The lowest BCUT2D eigenvalue weighted by Crippen LogP contribution is -2.49. The first-order chi connectivity index (χ1) is 51.6. The number of hydrogen-bond acceptors (Lipinski definition) is 21. The van der Waals surface area contributed by atoms with Crippen LogP contribution in [0.5, 0.6) is 23.0 Å². The number of nitrogens with zero attached hydrogens (tertiary/aromatic N) is 8. The van der Waals surface area contributed by atoms with Crippen LogP contribution in [0.15, 0.2) is 212 Å². The number of anilines is 2. The molecule has 4 aliphatic rings. The number of methoxy groups -OCH3 is 4. The van der Waals surface area contributed by atoms with Crippen molar-refractivity contribution in [3.8, 4) is 23.0 Å². The Hall–Kier alpha value is -11.0. The predicted molar refractivity (Wildman–Crippen MR) is 386 cm³/mol. The number of phosphoric ester groups is 1. The van der Waals surface area contributed by atoms with Crippen LogP contribution in [-0.2, 0) is 57.8 Å². The average Bonchev–Trinajstić information content (AvgIpc) is 1.63. The first kappa shape index (κ1) is 70.6. The van der Waals surface area contributed by atoms with Gasteiger partial charge < -0.3 is 52.8 Å². The Morgan fingerprint density at radius 2 is 1.15 bits per heavy atom. The summed E-state index contributed by atoms with van der Waals surface area (Å²) in [7, 11) is 1.32. The molecule has 1 aliphatic carbocycles. The molecule has 4 fully saturated rings. The number of amides is 2. The van der Waals surface area contributed by atoms with Crippen LogP contribution >= 0.6 is 7.82 Å². The largest absolute Gasteiger partial charge is 0.497 e. The van der Waals surface area contributed by atoms with Gasteiger partial charge in [-0.2, -0.15) is 4.98 Å². The summed E-state index contributed by atoms with van der Waals surface area (Å²) in [5, 5.41) is 5.60. The number of phosphoric acid groups is 1. The molecule has 28 heteroatoms. The number of carbonyl (C=O) groups excluding carboxylic acids is 2. The van der Waals surface area contributed by atoms with Crippen LogP contribution in [0.25, 0.3) is 27.2 Å². The summed E-state index contributed by atoms with van der Waals surface area (Å²) in [6.07, 6.45) is -1.45. The topological polar surface area (TPSA) is 298 Å². The summed E-state index contributed by atoms with van der Waals surface area (Å²) >= 11 is 0. The molecule has 3 aliphatic heterocycles. The second kappa shape index (κ2) is 29.1. The number of imidazole rings is 2. The van der Waals surface area contributed by atoms with Gasteiger partial charge in [-0.25, -0.2) is 31.1 Å². The van der Waals surface area contributed by atoms with Crippen LogP contribution < -0.4 is 35.1 Å². The molecule has 542 valence electrons. The average molecular weight is 1450 g/mol. The lowest BCUT2D eigenvalue weighted by atomic mass is 9.79. The molecule has 4 aromatic heterocycles.